The van der Waals surface area contributed by atoms with Crippen molar-refractivity contribution in [2.24, 2.45) is 5.41 Å². The molecule has 0 saturated carbocycles. The van der Waals surface area contributed by atoms with E-state index in [0.717, 1.165) is 35.7 Å². The summed E-state index contributed by atoms with van der Waals surface area (Å²) in [5, 5.41) is 11.8. The number of nitrogens with one attached hydrogen (secondary N) is 2. The van der Waals surface area contributed by atoms with Crippen LogP contribution in [-0.4, -0.2) is 27.0 Å². The predicted molar refractivity (Wildman–Crippen MR) is 86.1 cm³/mol. The lowest BCUT2D eigenvalue weighted by molar-refractivity contribution is -0.127. The van der Waals surface area contributed by atoms with Crippen LogP contribution in [0, 0.1) is 5.41 Å². The molecule has 6 heteroatoms. The van der Waals surface area contributed by atoms with Crippen molar-refractivity contribution < 1.29 is 10.0 Å². The number of amides is 1. The highest BCUT2D eigenvalue weighted by Gasteiger charge is 2.20. The summed E-state index contributed by atoms with van der Waals surface area (Å²) in [5.41, 5.74) is 4.64. The van der Waals surface area contributed by atoms with Crippen LogP contribution in [0.25, 0.3) is 5.65 Å². The number of nitrogens with zero attached hydrogens (tertiary/aromatic N) is 2. The standard InChI is InChI=1S/C16H24N4O2/c1-5-11-7-6-8-13-18-12(9-16(2,3)4)15(20(11)13)17-10-14(21)19-22/h6-8,17,22H,5,9-10H2,1-4H3,(H,19,21). The molecular weight excluding hydrogens is 280 g/mol. The molecule has 2 aromatic heterocycles. The second kappa shape index (κ2) is 6.36. The van der Waals surface area contributed by atoms with Gasteiger partial charge in [0, 0.05) is 5.69 Å². The van der Waals surface area contributed by atoms with Gasteiger partial charge in [0.25, 0.3) is 5.91 Å². The van der Waals surface area contributed by atoms with Gasteiger partial charge in [-0.25, -0.2) is 10.5 Å². The lowest BCUT2D eigenvalue weighted by Crippen LogP contribution is -2.27. The average molecular weight is 304 g/mol. The summed E-state index contributed by atoms with van der Waals surface area (Å²) in [7, 11) is 0. The third-order valence-electron chi connectivity index (χ3n) is 3.40. The Kier molecular flexibility index (Phi) is 4.71. The molecule has 2 heterocycles. The molecule has 22 heavy (non-hydrogen) atoms. The van der Waals surface area contributed by atoms with Crippen molar-refractivity contribution >= 4 is 17.4 Å². The van der Waals surface area contributed by atoms with E-state index in [0.29, 0.717) is 0 Å². The molecule has 3 N–H and O–H groups in total. The molecule has 1 amide bonds. The molecule has 0 saturated heterocycles. The maximum Gasteiger partial charge on any atom is 0.262 e. The van der Waals surface area contributed by atoms with Gasteiger partial charge >= 0.3 is 0 Å². The fourth-order valence-corrected chi connectivity index (χ4v) is 2.49. The average Bonchev–Trinajstić information content (AvgIpc) is 2.79. The molecule has 120 valence electrons. The quantitative estimate of drug-likeness (QED) is 0.585. The number of aryl methyl sites for hydroxylation is 1. The van der Waals surface area contributed by atoms with Crippen LogP contribution in [0.2, 0.25) is 0 Å². The van der Waals surface area contributed by atoms with E-state index in [1.165, 1.54) is 0 Å². The Balaban J connectivity index is 2.50. The fraction of sp³-hybridized carbons (Fsp3) is 0.500. The van der Waals surface area contributed by atoms with Gasteiger partial charge in [-0.2, -0.15) is 0 Å². The van der Waals surface area contributed by atoms with Gasteiger partial charge < -0.3 is 5.32 Å². The first-order valence-electron chi connectivity index (χ1n) is 7.51. The summed E-state index contributed by atoms with van der Waals surface area (Å²) in [5.74, 6) is 0.344. The number of aromatic nitrogens is 2. The minimum absolute atomic E-state index is 0.000511. The van der Waals surface area contributed by atoms with Gasteiger partial charge in [0.15, 0.2) is 0 Å². The number of hydrogen-bond acceptors (Lipinski definition) is 4. The molecular formula is C16H24N4O2. The molecule has 6 nitrogen and oxygen atoms in total. The van der Waals surface area contributed by atoms with E-state index in [2.05, 4.69) is 33.0 Å². The number of anilines is 1. The maximum absolute atomic E-state index is 11.3. The van der Waals surface area contributed by atoms with Crippen LogP contribution in [0.3, 0.4) is 0 Å². The van der Waals surface area contributed by atoms with Gasteiger partial charge in [0.1, 0.15) is 11.5 Å². The predicted octanol–water partition coefficient (Wildman–Crippen LogP) is 2.40. The Morgan fingerprint density at radius 2 is 2.09 bits per heavy atom. The van der Waals surface area contributed by atoms with Crippen molar-refractivity contribution in [1.82, 2.24) is 14.9 Å². The zero-order valence-corrected chi connectivity index (χ0v) is 13.6. The van der Waals surface area contributed by atoms with Crippen molar-refractivity contribution in [3.63, 3.8) is 0 Å². The summed E-state index contributed by atoms with van der Waals surface area (Å²) in [4.78, 5) is 16.1. The van der Waals surface area contributed by atoms with Crippen molar-refractivity contribution in [2.75, 3.05) is 11.9 Å². The molecule has 0 aliphatic heterocycles. The van der Waals surface area contributed by atoms with Gasteiger partial charge in [-0.3, -0.25) is 14.4 Å². The molecule has 0 bridgehead atoms. The van der Waals surface area contributed by atoms with Crippen LogP contribution in [0.5, 0.6) is 0 Å². The van der Waals surface area contributed by atoms with E-state index in [1.54, 1.807) is 5.48 Å². The minimum Gasteiger partial charge on any atom is -0.360 e. The molecule has 0 radical (unpaired) electrons. The van der Waals surface area contributed by atoms with Crippen LogP contribution >= 0.6 is 0 Å². The van der Waals surface area contributed by atoms with Crippen molar-refractivity contribution in [1.29, 1.82) is 0 Å². The van der Waals surface area contributed by atoms with E-state index in [9.17, 15) is 4.79 Å². The van der Waals surface area contributed by atoms with Crippen LogP contribution in [0.1, 0.15) is 39.1 Å². The zero-order valence-electron chi connectivity index (χ0n) is 13.6. The first-order chi connectivity index (χ1) is 10.4. The van der Waals surface area contributed by atoms with E-state index >= 15 is 0 Å². The van der Waals surface area contributed by atoms with E-state index < -0.39 is 5.91 Å². The SMILES string of the molecule is CCc1cccc2nc(CC(C)(C)C)c(NCC(=O)NO)n12. The van der Waals surface area contributed by atoms with Crippen LogP contribution < -0.4 is 10.8 Å². The molecule has 2 rings (SSSR count). The largest absolute Gasteiger partial charge is 0.360 e. The third kappa shape index (κ3) is 3.57. The van der Waals surface area contributed by atoms with E-state index in [-0.39, 0.29) is 12.0 Å². The van der Waals surface area contributed by atoms with Crippen molar-refractivity contribution in [3.8, 4) is 0 Å². The van der Waals surface area contributed by atoms with Gasteiger partial charge in [0.05, 0.1) is 12.2 Å². The number of pyridine rings is 1. The zero-order chi connectivity index (χ0) is 16.3. The van der Waals surface area contributed by atoms with Crippen LogP contribution in [-0.2, 0) is 17.6 Å². The molecule has 0 unspecified atom stereocenters. The molecule has 0 aliphatic carbocycles. The van der Waals surface area contributed by atoms with Gasteiger partial charge in [-0.15, -0.1) is 0 Å². The van der Waals surface area contributed by atoms with Crippen LogP contribution in [0.15, 0.2) is 18.2 Å². The number of imidazole rings is 1. The first-order valence-corrected chi connectivity index (χ1v) is 7.51. The fourth-order valence-electron chi connectivity index (χ4n) is 2.49. The Morgan fingerprint density at radius 3 is 2.68 bits per heavy atom. The molecule has 2 aromatic rings. The summed E-state index contributed by atoms with van der Waals surface area (Å²) in [6.07, 6.45) is 1.66. The number of carbonyl (C=O) groups is 1. The van der Waals surface area contributed by atoms with Crippen molar-refractivity contribution in [3.05, 3.63) is 29.6 Å². The van der Waals surface area contributed by atoms with Gasteiger partial charge in [-0.05, 0) is 30.4 Å². The van der Waals surface area contributed by atoms with Gasteiger partial charge in [0.2, 0.25) is 0 Å². The molecule has 0 atom stereocenters. The smallest absolute Gasteiger partial charge is 0.262 e. The molecule has 0 aromatic carbocycles. The summed E-state index contributed by atoms with van der Waals surface area (Å²) in [6.45, 7) is 8.55. The van der Waals surface area contributed by atoms with E-state index in [1.807, 2.05) is 22.6 Å². The lowest BCUT2D eigenvalue weighted by atomic mass is 9.90. The normalized spacial score (nSPS) is 11.7. The topological polar surface area (TPSA) is 78.7 Å². The second-order valence-electron chi connectivity index (χ2n) is 6.60. The molecule has 0 aliphatic rings. The van der Waals surface area contributed by atoms with Gasteiger partial charge in [-0.1, -0.05) is 33.8 Å². The molecule has 0 fully saturated rings. The summed E-state index contributed by atoms with van der Waals surface area (Å²) < 4.78 is 2.05. The summed E-state index contributed by atoms with van der Waals surface area (Å²) >= 11 is 0. The van der Waals surface area contributed by atoms with Crippen LogP contribution in [0.4, 0.5) is 5.82 Å². The number of carbonyl (C=O) groups excluding carboxylic acids is 1. The third-order valence-corrected chi connectivity index (χ3v) is 3.40. The van der Waals surface area contributed by atoms with E-state index in [4.69, 9.17) is 10.2 Å². The number of hydrogen-bond donors (Lipinski definition) is 3. The first kappa shape index (κ1) is 16.3. The molecule has 0 spiro atoms. The Hall–Kier alpha value is -2.08. The number of hydroxylamine groups is 1. The Bertz CT molecular complexity index is 671. The maximum atomic E-state index is 11.3. The minimum atomic E-state index is -0.481. The number of fused-ring (bicyclic) bond motifs is 1. The lowest BCUT2D eigenvalue weighted by Gasteiger charge is -2.18. The second-order valence-corrected chi connectivity index (χ2v) is 6.60. The monoisotopic (exact) mass is 304 g/mol. The highest BCUT2D eigenvalue weighted by atomic mass is 16.5. The Morgan fingerprint density at radius 1 is 1.36 bits per heavy atom. The highest BCUT2D eigenvalue weighted by molar-refractivity contribution is 5.79. The summed E-state index contributed by atoms with van der Waals surface area (Å²) in [6, 6.07) is 6.00. The van der Waals surface area contributed by atoms with Crippen molar-refractivity contribution in [2.45, 2.75) is 40.5 Å². The number of rotatable bonds is 5. The highest BCUT2D eigenvalue weighted by Crippen LogP contribution is 2.27. The Labute approximate surface area is 130 Å².